The standard InChI is InChI=1S/C10H22O2.C4H8O3.CH4O/c1-3-5-7-11-9-10-12-8-6-4-2;1-4(6)7-3-2-5;1-2/h3-10H2,1-2H3;5H,2-3H2,1H3;2H,1H3. The van der Waals surface area contributed by atoms with Gasteiger partial charge >= 0.3 is 5.97 Å². The number of hydrogen-bond donors (Lipinski definition) is 2. The molecule has 0 aliphatic heterocycles. The van der Waals surface area contributed by atoms with Gasteiger partial charge in [0.25, 0.3) is 0 Å². The maximum atomic E-state index is 9.87. The summed E-state index contributed by atoms with van der Waals surface area (Å²) < 4.78 is 15.0. The molecule has 0 aromatic rings. The van der Waals surface area contributed by atoms with Crippen LogP contribution in [-0.2, 0) is 19.0 Å². The van der Waals surface area contributed by atoms with E-state index >= 15 is 0 Å². The molecule has 0 rings (SSSR count). The van der Waals surface area contributed by atoms with Crippen LogP contribution in [-0.4, -0.2) is 62.9 Å². The van der Waals surface area contributed by atoms with Gasteiger partial charge < -0.3 is 24.4 Å². The third-order valence-electron chi connectivity index (χ3n) is 2.05. The van der Waals surface area contributed by atoms with Crippen LogP contribution in [0.2, 0.25) is 0 Å². The lowest BCUT2D eigenvalue weighted by Crippen LogP contribution is -2.05. The molecule has 0 bridgehead atoms. The quantitative estimate of drug-likeness (QED) is 0.447. The SMILES string of the molecule is CC(=O)OCCO.CCCCOCCOCCCC.CO. The minimum Gasteiger partial charge on any atom is -0.463 e. The number of ether oxygens (including phenoxy) is 3. The molecule has 0 saturated carbocycles. The molecule has 0 aromatic carbocycles. The second-order valence-corrected chi connectivity index (χ2v) is 4.00. The van der Waals surface area contributed by atoms with Gasteiger partial charge in [-0.3, -0.25) is 4.79 Å². The first-order valence-electron chi connectivity index (χ1n) is 7.53. The summed E-state index contributed by atoms with van der Waals surface area (Å²) in [5.41, 5.74) is 0. The van der Waals surface area contributed by atoms with Gasteiger partial charge in [-0.05, 0) is 12.8 Å². The van der Waals surface area contributed by atoms with Gasteiger partial charge in [0.1, 0.15) is 6.61 Å². The number of aliphatic hydroxyl groups is 2. The van der Waals surface area contributed by atoms with Gasteiger partial charge in [0, 0.05) is 27.2 Å². The average molecular weight is 310 g/mol. The third-order valence-corrected chi connectivity index (χ3v) is 2.05. The molecule has 0 spiro atoms. The van der Waals surface area contributed by atoms with E-state index in [0.29, 0.717) is 0 Å². The van der Waals surface area contributed by atoms with Crippen LogP contribution in [0.5, 0.6) is 0 Å². The maximum absolute atomic E-state index is 9.87. The van der Waals surface area contributed by atoms with Gasteiger partial charge in [0.2, 0.25) is 0 Å². The van der Waals surface area contributed by atoms with Gasteiger partial charge in [-0.25, -0.2) is 0 Å². The Kier molecular flexibility index (Phi) is 33.2. The Balaban J connectivity index is -0.000000307. The average Bonchev–Trinajstić information content (AvgIpc) is 2.50. The second kappa shape index (κ2) is 27.6. The topological polar surface area (TPSA) is 85.2 Å². The summed E-state index contributed by atoms with van der Waals surface area (Å²) in [6, 6.07) is 0. The molecule has 130 valence electrons. The summed E-state index contributed by atoms with van der Waals surface area (Å²) in [7, 11) is 1.00. The first kappa shape index (κ1) is 25.3. The van der Waals surface area contributed by atoms with Crippen LogP contribution in [0.25, 0.3) is 0 Å². The summed E-state index contributed by atoms with van der Waals surface area (Å²) in [6.07, 6.45) is 4.73. The number of rotatable bonds is 11. The number of hydrogen-bond acceptors (Lipinski definition) is 6. The highest BCUT2D eigenvalue weighted by molar-refractivity contribution is 5.65. The second-order valence-electron chi connectivity index (χ2n) is 4.00. The highest BCUT2D eigenvalue weighted by atomic mass is 16.5. The lowest BCUT2D eigenvalue weighted by atomic mass is 10.4. The summed E-state index contributed by atoms with van der Waals surface area (Å²) in [5.74, 6) is -0.353. The van der Waals surface area contributed by atoms with Crippen LogP contribution in [0.3, 0.4) is 0 Å². The van der Waals surface area contributed by atoms with Crippen LogP contribution in [0, 0.1) is 0 Å². The van der Waals surface area contributed by atoms with Crippen molar-refractivity contribution in [2.24, 2.45) is 0 Å². The van der Waals surface area contributed by atoms with E-state index in [1.807, 2.05) is 0 Å². The number of aliphatic hydroxyl groups excluding tert-OH is 2. The molecular weight excluding hydrogens is 276 g/mol. The Labute approximate surface area is 129 Å². The van der Waals surface area contributed by atoms with E-state index in [0.717, 1.165) is 46.4 Å². The lowest BCUT2D eigenvalue weighted by molar-refractivity contribution is -0.141. The van der Waals surface area contributed by atoms with E-state index in [1.165, 1.54) is 19.8 Å². The Morgan fingerprint density at radius 1 is 0.857 bits per heavy atom. The van der Waals surface area contributed by atoms with Gasteiger partial charge in [0.15, 0.2) is 0 Å². The molecule has 21 heavy (non-hydrogen) atoms. The summed E-state index contributed by atoms with van der Waals surface area (Å²) in [4.78, 5) is 9.87. The number of esters is 1. The molecular formula is C15H34O6. The Hall–Kier alpha value is -0.690. The van der Waals surface area contributed by atoms with Crippen molar-refractivity contribution in [3.63, 3.8) is 0 Å². The van der Waals surface area contributed by atoms with Crippen molar-refractivity contribution in [2.75, 3.05) is 46.8 Å². The maximum Gasteiger partial charge on any atom is 0.302 e. The molecule has 6 nitrogen and oxygen atoms in total. The first-order valence-corrected chi connectivity index (χ1v) is 7.53. The summed E-state index contributed by atoms with van der Waals surface area (Å²) in [5, 5.41) is 15.0. The van der Waals surface area contributed by atoms with Gasteiger partial charge in [0.05, 0.1) is 19.8 Å². The Morgan fingerprint density at radius 3 is 1.52 bits per heavy atom. The molecule has 0 amide bonds. The molecule has 0 aliphatic rings. The Morgan fingerprint density at radius 2 is 1.29 bits per heavy atom. The Bertz CT molecular complexity index is 166. The van der Waals surface area contributed by atoms with E-state index in [9.17, 15) is 4.79 Å². The first-order chi connectivity index (χ1) is 10.2. The molecule has 0 radical (unpaired) electrons. The van der Waals surface area contributed by atoms with E-state index in [4.69, 9.17) is 19.7 Å². The van der Waals surface area contributed by atoms with Crippen molar-refractivity contribution in [3.8, 4) is 0 Å². The third kappa shape index (κ3) is 38.2. The minimum absolute atomic E-state index is 0.0976. The molecule has 0 saturated heterocycles. The lowest BCUT2D eigenvalue weighted by Gasteiger charge is -2.03. The van der Waals surface area contributed by atoms with Crippen LogP contribution >= 0.6 is 0 Å². The summed E-state index contributed by atoms with van der Waals surface area (Å²) >= 11 is 0. The molecule has 2 N–H and O–H groups in total. The van der Waals surface area contributed by atoms with Crippen molar-refractivity contribution in [1.29, 1.82) is 0 Å². The largest absolute Gasteiger partial charge is 0.463 e. The predicted molar refractivity (Wildman–Crippen MR) is 83.3 cm³/mol. The molecule has 6 heteroatoms. The fourth-order valence-corrected chi connectivity index (χ4v) is 1.00. The van der Waals surface area contributed by atoms with Crippen LogP contribution < -0.4 is 0 Å². The van der Waals surface area contributed by atoms with E-state index < -0.39 is 0 Å². The van der Waals surface area contributed by atoms with E-state index in [2.05, 4.69) is 18.6 Å². The van der Waals surface area contributed by atoms with E-state index in [1.54, 1.807) is 0 Å². The smallest absolute Gasteiger partial charge is 0.302 e. The predicted octanol–water partition coefficient (Wildman–Crippen LogP) is 1.77. The summed E-state index contributed by atoms with van der Waals surface area (Å²) in [6.45, 7) is 8.92. The van der Waals surface area contributed by atoms with Crippen LogP contribution in [0.4, 0.5) is 0 Å². The molecule has 0 atom stereocenters. The zero-order valence-corrected chi connectivity index (χ0v) is 14.1. The number of unbranched alkanes of at least 4 members (excludes halogenated alkanes) is 2. The minimum atomic E-state index is -0.353. The van der Waals surface area contributed by atoms with Crippen molar-refractivity contribution >= 4 is 5.97 Å². The van der Waals surface area contributed by atoms with Crippen molar-refractivity contribution in [1.82, 2.24) is 0 Å². The van der Waals surface area contributed by atoms with Crippen LogP contribution in [0.15, 0.2) is 0 Å². The number of carbonyl (C=O) groups is 1. The molecule has 0 heterocycles. The van der Waals surface area contributed by atoms with Gasteiger partial charge in [-0.1, -0.05) is 26.7 Å². The van der Waals surface area contributed by atoms with Crippen molar-refractivity contribution in [2.45, 2.75) is 46.5 Å². The highest BCUT2D eigenvalue weighted by Crippen LogP contribution is 1.90. The van der Waals surface area contributed by atoms with Crippen LogP contribution in [0.1, 0.15) is 46.5 Å². The zero-order chi connectivity index (χ0) is 16.8. The number of carbonyl (C=O) groups excluding carboxylic acids is 1. The fraction of sp³-hybridized carbons (Fsp3) is 0.933. The normalized spacial score (nSPS) is 9.05. The monoisotopic (exact) mass is 310 g/mol. The fourth-order valence-electron chi connectivity index (χ4n) is 1.00. The zero-order valence-electron chi connectivity index (χ0n) is 14.1. The van der Waals surface area contributed by atoms with E-state index in [-0.39, 0.29) is 19.2 Å². The molecule has 0 unspecified atom stereocenters. The molecule has 0 aliphatic carbocycles. The van der Waals surface area contributed by atoms with Crippen molar-refractivity contribution in [3.05, 3.63) is 0 Å². The molecule has 0 fully saturated rings. The van der Waals surface area contributed by atoms with Crippen molar-refractivity contribution < 1.29 is 29.2 Å². The highest BCUT2D eigenvalue weighted by Gasteiger charge is 1.88. The van der Waals surface area contributed by atoms with Gasteiger partial charge in [-0.2, -0.15) is 0 Å². The van der Waals surface area contributed by atoms with Gasteiger partial charge in [-0.15, -0.1) is 0 Å². The molecule has 0 aromatic heterocycles.